The predicted octanol–water partition coefficient (Wildman–Crippen LogP) is 0.778. The van der Waals surface area contributed by atoms with Crippen LogP contribution in [0.1, 0.15) is 5.82 Å². The van der Waals surface area contributed by atoms with E-state index in [1.54, 1.807) is 31.1 Å². The summed E-state index contributed by atoms with van der Waals surface area (Å²) < 4.78 is 6.88. The quantitative estimate of drug-likeness (QED) is 0.750. The number of fused-ring (bicyclic) bond motifs is 1. The van der Waals surface area contributed by atoms with Gasteiger partial charge in [0.25, 0.3) is 0 Å². The molecule has 0 spiro atoms. The molecule has 0 saturated carbocycles. The Kier molecular flexibility index (Phi) is 2.99. The molecule has 3 heterocycles. The van der Waals surface area contributed by atoms with Crippen LogP contribution in [0, 0.1) is 6.92 Å². The lowest BCUT2D eigenvalue weighted by atomic mass is 10.2. The number of aryl methyl sites for hydroxylation is 1. The van der Waals surface area contributed by atoms with Crippen LogP contribution >= 0.6 is 0 Å². The van der Waals surface area contributed by atoms with Gasteiger partial charge in [0.1, 0.15) is 35.9 Å². The van der Waals surface area contributed by atoms with E-state index in [9.17, 15) is 0 Å². The number of nitrogen functional groups attached to an aromatic ring is 1. The van der Waals surface area contributed by atoms with Crippen molar-refractivity contribution in [3.05, 3.63) is 24.7 Å². The third kappa shape index (κ3) is 1.95. The molecular formula is C12H13N7O. The maximum Gasteiger partial charge on any atom is 0.165 e. The van der Waals surface area contributed by atoms with Crippen molar-refractivity contribution in [2.24, 2.45) is 0 Å². The number of anilines is 1. The number of aromatic nitrogens is 6. The number of methoxy groups -OCH3 is 1. The Morgan fingerprint density at radius 3 is 2.85 bits per heavy atom. The van der Waals surface area contributed by atoms with Gasteiger partial charge in [-0.15, -0.1) is 0 Å². The molecule has 102 valence electrons. The monoisotopic (exact) mass is 271 g/mol. The minimum Gasteiger partial charge on any atom is -0.383 e. The molecule has 0 atom stereocenters. The average molecular weight is 271 g/mol. The largest absolute Gasteiger partial charge is 0.383 e. The number of ether oxygens (including phenoxy) is 1. The number of rotatable bonds is 3. The van der Waals surface area contributed by atoms with Crippen LogP contribution in [0.2, 0.25) is 0 Å². The predicted molar refractivity (Wildman–Crippen MR) is 72.5 cm³/mol. The SMILES string of the molecule is COCn1cnc2c(-c3cnc(C)nc3N)ncnc21. The molecule has 0 aliphatic rings. The lowest BCUT2D eigenvalue weighted by Gasteiger charge is -2.05. The van der Waals surface area contributed by atoms with E-state index in [1.807, 2.05) is 0 Å². The zero-order valence-electron chi connectivity index (χ0n) is 11.1. The van der Waals surface area contributed by atoms with Gasteiger partial charge in [0.2, 0.25) is 0 Å². The van der Waals surface area contributed by atoms with E-state index in [4.69, 9.17) is 10.5 Å². The normalized spacial score (nSPS) is 11.1. The van der Waals surface area contributed by atoms with Crippen LogP contribution < -0.4 is 5.73 Å². The van der Waals surface area contributed by atoms with Gasteiger partial charge in [-0.25, -0.2) is 24.9 Å². The molecule has 0 amide bonds. The van der Waals surface area contributed by atoms with Gasteiger partial charge in [-0.05, 0) is 6.92 Å². The molecule has 0 bridgehead atoms. The highest BCUT2D eigenvalue weighted by molar-refractivity contribution is 5.89. The molecule has 20 heavy (non-hydrogen) atoms. The van der Waals surface area contributed by atoms with E-state index in [2.05, 4.69) is 24.9 Å². The van der Waals surface area contributed by atoms with E-state index >= 15 is 0 Å². The Morgan fingerprint density at radius 1 is 1.25 bits per heavy atom. The molecule has 0 fully saturated rings. The summed E-state index contributed by atoms with van der Waals surface area (Å²) in [7, 11) is 1.61. The fourth-order valence-corrected chi connectivity index (χ4v) is 1.98. The maximum absolute atomic E-state index is 5.94. The molecule has 0 saturated heterocycles. The average Bonchev–Trinajstić information content (AvgIpc) is 2.83. The van der Waals surface area contributed by atoms with Crippen LogP contribution in [0.4, 0.5) is 5.82 Å². The molecule has 2 N–H and O–H groups in total. The zero-order valence-corrected chi connectivity index (χ0v) is 11.1. The highest BCUT2D eigenvalue weighted by atomic mass is 16.5. The van der Waals surface area contributed by atoms with Crippen molar-refractivity contribution in [1.82, 2.24) is 29.5 Å². The first kappa shape index (κ1) is 12.4. The molecule has 3 aromatic heterocycles. The standard InChI is InChI=1S/C12H13N7O/c1-7-14-3-8(11(13)18-7)9-10-12(16-4-15-9)19(5-17-10)6-20-2/h3-5H,6H2,1-2H3,(H2,13,14,18). The fraction of sp³-hybridized carbons (Fsp3) is 0.250. The second-order valence-corrected chi connectivity index (χ2v) is 4.24. The summed E-state index contributed by atoms with van der Waals surface area (Å²) >= 11 is 0. The molecule has 0 radical (unpaired) electrons. The van der Waals surface area contributed by atoms with E-state index in [-0.39, 0.29) is 0 Å². The lowest BCUT2D eigenvalue weighted by Crippen LogP contribution is -2.02. The first-order valence-corrected chi connectivity index (χ1v) is 5.95. The fourth-order valence-electron chi connectivity index (χ4n) is 1.98. The van der Waals surface area contributed by atoms with Gasteiger partial charge < -0.3 is 10.5 Å². The van der Waals surface area contributed by atoms with Crippen LogP contribution in [0.15, 0.2) is 18.9 Å². The molecule has 3 aromatic rings. The molecule has 0 aliphatic heterocycles. The third-order valence-electron chi connectivity index (χ3n) is 2.86. The lowest BCUT2D eigenvalue weighted by molar-refractivity contribution is 0.134. The summed E-state index contributed by atoms with van der Waals surface area (Å²) in [5.74, 6) is 0.986. The molecule has 8 nitrogen and oxygen atoms in total. The summed E-state index contributed by atoms with van der Waals surface area (Å²) in [6.07, 6.45) is 4.76. The molecule has 0 unspecified atom stereocenters. The summed E-state index contributed by atoms with van der Waals surface area (Å²) in [5, 5.41) is 0. The van der Waals surface area contributed by atoms with Crippen molar-refractivity contribution in [3.8, 4) is 11.3 Å². The number of imidazole rings is 1. The van der Waals surface area contributed by atoms with E-state index in [1.165, 1.54) is 6.33 Å². The molecule has 3 rings (SSSR count). The van der Waals surface area contributed by atoms with E-state index < -0.39 is 0 Å². The zero-order chi connectivity index (χ0) is 14.1. The second-order valence-electron chi connectivity index (χ2n) is 4.24. The van der Waals surface area contributed by atoms with Gasteiger partial charge >= 0.3 is 0 Å². The summed E-state index contributed by atoms with van der Waals surface area (Å²) in [4.78, 5) is 21.1. The molecule has 8 heteroatoms. The molecule has 0 aromatic carbocycles. The van der Waals surface area contributed by atoms with Crippen LogP contribution in [-0.4, -0.2) is 36.6 Å². The minimum atomic E-state index is 0.368. The van der Waals surface area contributed by atoms with Crippen LogP contribution in [0.25, 0.3) is 22.4 Å². The Morgan fingerprint density at radius 2 is 2.10 bits per heavy atom. The Bertz CT molecular complexity index is 768. The van der Waals surface area contributed by atoms with Crippen LogP contribution in [0.3, 0.4) is 0 Å². The smallest absolute Gasteiger partial charge is 0.165 e. The maximum atomic E-state index is 5.94. The minimum absolute atomic E-state index is 0.368. The van der Waals surface area contributed by atoms with Gasteiger partial charge in [0.05, 0.1) is 11.9 Å². The second kappa shape index (κ2) is 4.82. The number of nitrogens with two attached hydrogens (primary N) is 1. The highest BCUT2D eigenvalue weighted by Crippen LogP contribution is 2.27. The number of hydrogen-bond donors (Lipinski definition) is 1. The van der Waals surface area contributed by atoms with Crippen LogP contribution in [-0.2, 0) is 11.5 Å². The van der Waals surface area contributed by atoms with Crippen molar-refractivity contribution in [3.63, 3.8) is 0 Å². The van der Waals surface area contributed by atoms with Gasteiger partial charge in [0, 0.05) is 13.3 Å². The Hall–Kier alpha value is -2.61. The summed E-state index contributed by atoms with van der Waals surface area (Å²) in [6.45, 7) is 2.15. The summed E-state index contributed by atoms with van der Waals surface area (Å²) in [6, 6.07) is 0. The van der Waals surface area contributed by atoms with E-state index in [0.717, 1.165) is 0 Å². The Balaban J connectivity index is 2.21. The van der Waals surface area contributed by atoms with Gasteiger partial charge in [0.15, 0.2) is 5.65 Å². The van der Waals surface area contributed by atoms with Gasteiger partial charge in [-0.3, -0.25) is 4.57 Å². The van der Waals surface area contributed by atoms with Crippen molar-refractivity contribution in [2.45, 2.75) is 13.7 Å². The van der Waals surface area contributed by atoms with Gasteiger partial charge in [-0.2, -0.15) is 0 Å². The van der Waals surface area contributed by atoms with Crippen molar-refractivity contribution >= 4 is 17.0 Å². The van der Waals surface area contributed by atoms with Crippen molar-refractivity contribution in [2.75, 3.05) is 12.8 Å². The summed E-state index contributed by atoms with van der Waals surface area (Å²) in [5.41, 5.74) is 8.52. The van der Waals surface area contributed by atoms with Gasteiger partial charge in [-0.1, -0.05) is 0 Å². The Labute approximate surface area is 114 Å². The van der Waals surface area contributed by atoms with Crippen LogP contribution in [0.5, 0.6) is 0 Å². The van der Waals surface area contributed by atoms with E-state index in [0.29, 0.717) is 40.8 Å². The molecule has 0 aliphatic carbocycles. The molecular weight excluding hydrogens is 258 g/mol. The first-order valence-electron chi connectivity index (χ1n) is 5.95. The third-order valence-corrected chi connectivity index (χ3v) is 2.86. The number of hydrogen-bond acceptors (Lipinski definition) is 7. The number of nitrogens with zero attached hydrogens (tertiary/aromatic N) is 6. The van der Waals surface area contributed by atoms with Crippen molar-refractivity contribution < 1.29 is 4.74 Å². The topological polar surface area (TPSA) is 105 Å². The van der Waals surface area contributed by atoms with Crippen molar-refractivity contribution in [1.29, 1.82) is 0 Å². The first-order chi connectivity index (χ1) is 9.70. The highest BCUT2D eigenvalue weighted by Gasteiger charge is 2.14.